The van der Waals surface area contributed by atoms with Crippen LogP contribution in [0.5, 0.6) is 0 Å². The lowest BCUT2D eigenvalue weighted by Gasteiger charge is -2.32. The van der Waals surface area contributed by atoms with Gasteiger partial charge in [0, 0.05) is 6.92 Å². The summed E-state index contributed by atoms with van der Waals surface area (Å²) in [6.07, 6.45) is -2.57. The van der Waals surface area contributed by atoms with Gasteiger partial charge in [-0.2, -0.15) is 0 Å². The summed E-state index contributed by atoms with van der Waals surface area (Å²) in [5.74, 6) is 0.746. The summed E-state index contributed by atoms with van der Waals surface area (Å²) in [5, 5.41) is 23.6. The van der Waals surface area contributed by atoms with Gasteiger partial charge in [0.15, 0.2) is 0 Å². The summed E-state index contributed by atoms with van der Waals surface area (Å²) >= 11 is 3.17. The van der Waals surface area contributed by atoms with Crippen LogP contribution in [0.15, 0.2) is 30.3 Å². The normalized spacial score (nSPS) is 14.5. The number of hydrogen-bond donors (Lipinski definition) is 3. The number of benzene rings is 1. The third-order valence-electron chi connectivity index (χ3n) is 3.48. The Bertz CT molecular complexity index is 552. The number of ether oxygens (including phenoxy) is 1. The number of amides is 1. The minimum absolute atomic E-state index is 0.122. The van der Waals surface area contributed by atoms with Crippen molar-refractivity contribution >= 4 is 35.4 Å². The van der Waals surface area contributed by atoms with Gasteiger partial charge in [-0.15, -0.1) is 23.5 Å². The molecule has 1 aromatic carbocycles. The monoisotopic (exact) mass is 401 g/mol. The smallest absolute Gasteiger partial charge is 0.338 e. The molecular weight excluding hydrogens is 374 g/mol. The molecule has 0 saturated heterocycles. The summed E-state index contributed by atoms with van der Waals surface area (Å²) < 4.78 is 4.97. The van der Waals surface area contributed by atoms with Gasteiger partial charge in [-0.05, 0) is 23.6 Å². The van der Waals surface area contributed by atoms with Crippen molar-refractivity contribution in [2.24, 2.45) is 0 Å². The van der Waals surface area contributed by atoms with E-state index in [9.17, 15) is 19.8 Å². The van der Waals surface area contributed by atoms with Gasteiger partial charge in [-0.3, -0.25) is 4.79 Å². The molecule has 0 aliphatic rings. The molecule has 0 unspecified atom stereocenters. The van der Waals surface area contributed by atoms with E-state index in [-0.39, 0.29) is 17.1 Å². The highest BCUT2D eigenvalue weighted by molar-refractivity contribution is 8.17. The molecule has 1 amide bonds. The van der Waals surface area contributed by atoms with Crippen LogP contribution in [0.2, 0.25) is 0 Å². The van der Waals surface area contributed by atoms with Crippen LogP contribution in [0, 0.1) is 0 Å². The molecule has 0 aliphatic carbocycles. The Morgan fingerprint density at radius 2 is 1.69 bits per heavy atom. The van der Waals surface area contributed by atoms with Crippen molar-refractivity contribution in [3.05, 3.63) is 35.9 Å². The van der Waals surface area contributed by atoms with Crippen molar-refractivity contribution in [1.29, 1.82) is 0 Å². The summed E-state index contributed by atoms with van der Waals surface area (Å²) in [4.78, 5) is 23.5. The van der Waals surface area contributed by atoms with E-state index in [2.05, 4.69) is 5.32 Å². The molecule has 0 heterocycles. The lowest BCUT2D eigenvalue weighted by atomic mass is 10.1. The van der Waals surface area contributed by atoms with Crippen LogP contribution >= 0.6 is 23.5 Å². The molecule has 0 bridgehead atoms. The number of carbonyl (C=O) groups excluding carboxylic acids is 2. The average Bonchev–Trinajstić information content (AvgIpc) is 2.63. The number of rotatable bonds is 11. The van der Waals surface area contributed by atoms with Crippen molar-refractivity contribution in [1.82, 2.24) is 5.32 Å². The van der Waals surface area contributed by atoms with E-state index in [1.807, 2.05) is 13.8 Å². The van der Waals surface area contributed by atoms with Gasteiger partial charge < -0.3 is 20.3 Å². The minimum Gasteiger partial charge on any atom is -0.459 e. The average molecular weight is 402 g/mol. The molecule has 8 heteroatoms. The third kappa shape index (κ3) is 7.57. The first-order chi connectivity index (χ1) is 12.4. The Morgan fingerprint density at radius 3 is 2.19 bits per heavy atom. The quantitative estimate of drug-likeness (QED) is 0.385. The second-order valence-electron chi connectivity index (χ2n) is 5.53. The van der Waals surface area contributed by atoms with Crippen LogP contribution in [-0.2, 0) is 9.53 Å². The summed E-state index contributed by atoms with van der Waals surface area (Å²) in [6, 6.07) is 7.76. The molecule has 0 aliphatic heterocycles. The van der Waals surface area contributed by atoms with Crippen molar-refractivity contribution in [3.63, 3.8) is 0 Å². The van der Waals surface area contributed by atoms with E-state index in [0.29, 0.717) is 5.56 Å². The van der Waals surface area contributed by atoms with Crippen LogP contribution in [-0.4, -0.2) is 63.0 Å². The number of aliphatic hydroxyl groups is 2. The maximum absolute atomic E-state index is 12.0. The fraction of sp³-hybridized carbons (Fsp3) is 0.556. The number of nitrogens with one attached hydrogen (secondary N) is 1. The van der Waals surface area contributed by atoms with Gasteiger partial charge in [-0.1, -0.05) is 32.0 Å². The third-order valence-corrected chi connectivity index (χ3v) is 6.21. The second kappa shape index (κ2) is 12.2. The van der Waals surface area contributed by atoms with Gasteiger partial charge in [0.2, 0.25) is 5.91 Å². The maximum Gasteiger partial charge on any atom is 0.338 e. The van der Waals surface area contributed by atoms with Crippen LogP contribution in [0.1, 0.15) is 31.1 Å². The number of thioether (sulfide) groups is 2. The number of aliphatic hydroxyl groups excluding tert-OH is 2. The molecule has 0 saturated carbocycles. The van der Waals surface area contributed by atoms with E-state index >= 15 is 0 Å². The predicted molar refractivity (Wildman–Crippen MR) is 106 cm³/mol. The zero-order valence-corrected chi connectivity index (χ0v) is 16.9. The first kappa shape index (κ1) is 22.8. The van der Waals surface area contributed by atoms with E-state index in [1.165, 1.54) is 6.92 Å². The maximum atomic E-state index is 12.0. The van der Waals surface area contributed by atoms with Gasteiger partial charge >= 0.3 is 5.97 Å². The van der Waals surface area contributed by atoms with Crippen molar-refractivity contribution in [2.75, 3.05) is 18.1 Å². The van der Waals surface area contributed by atoms with Crippen LogP contribution < -0.4 is 5.32 Å². The summed E-state index contributed by atoms with van der Waals surface area (Å²) in [5.41, 5.74) is 0.369. The SMILES string of the molecule is CCSC(SCC)[C@@H](NC(C)=O)[C@H](O)[C@H](O)COC(=O)c1ccccc1. The highest BCUT2D eigenvalue weighted by Crippen LogP contribution is 2.29. The molecule has 0 radical (unpaired) electrons. The lowest BCUT2D eigenvalue weighted by molar-refractivity contribution is -0.121. The molecule has 26 heavy (non-hydrogen) atoms. The standard InChI is InChI=1S/C18H27NO5S2/c1-4-25-18(26-5-2)15(19-12(3)20)16(22)14(21)11-24-17(23)13-9-7-6-8-10-13/h6-10,14-16,18,21-22H,4-5,11H2,1-3H3,(H,19,20)/t14-,15+,16-/m1/s1. The molecule has 1 aromatic rings. The molecule has 6 nitrogen and oxygen atoms in total. The molecule has 0 aromatic heterocycles. The van der Waals surface area contributed by atoms with Gasteiger partial charge in [-0.25, -0.2) is 4.79 Å². The minimum atomic E-state index is -1.31. The van der Waals surface area contributed by atoms with Crippen molar-refractivity contribution in [2.45, 2.75) is 43.6 Å². The topological polar surface area (TPSA) is 95.9 Å². The number of esters is 1. The lowest BCUT2D eigenvalue weighted by Crippen LogP contribution is -2.53. The Balaban J connectivity index is 2.73. The zero-order chi connectivity index (χ0) is 19.5. The summed E-state index contributed by atoms with van der Waals surface area (Å²) in [7, 11) is 0. The Hall–Kier alpha value is -1.22. The Morgan fingerprint density at radius 1 is 1.12 bits per heavy atom. The molecule has 146 valence electrons. The predicted octanol–water partition coefficient (Wildman–Crippen LogP) is 1.90. The highest BCUT2D eigenvalue weighted by atomic mass is 32.2. The van der Waals surface area contributed by atoms with Gasteiger partial charge in [0.25, 0.3) is 0 Å². The Labute approximate surface area is 163 Å². The van der Waals surface area contributed by atoms with E-state index in [0.717, 1.165) is 11.5 Å². The molecule has 3 N–H and O–H groups in total. The largest absolute Gasteiger partial charge is 0.459 e. The van der Waals surface area contributed by atoms with Crippen LogP contribution in [0.25, 0.3) is 0 Å². The summed E-state index contributed by atoms with van der Waals surface area (Å²) in [6.45, 7) is 4.99. The Kier molecular flexibility index (Phi) is 10.7. The fourth-order valence-electron chi connectivity index (χ4n) is 2.29. The number of carbonyl (C=O) groups is 2. The molecule has 0 spiro atoms. The number of hydrogen-bond acceptors (Lipinski definition) is 7. The van der Waals surface area contributed by atoms with E-state index in [1.54, 1.807) is 53.9 Å². The zero-order valence-electron chi connectivity index (χ0n) is 15.3. The van der Waals surface area contributed by atoms with Crippen molar-refractivity contribution in [3.8, 4) is 0 Å². The van der Waals surface area contributed by atoms with Gasteiger partial charge in [0.1, 0.15) is 18.8 Å². The first-order valence-electron chi connectivity index (χ1n) is 8.49. The van der Waals surface area contributed by atoms with Gasteiger partial charge in [0.05, 0.1) is 16.2 Å². The van der Waals surface area contributed by atoms with Crippen LogP contribution in [0.4, 0.5) is 0 Å². The van der Waals surface area contributed by atoms with E-state index in [4.69, 9.17) is 4.74 Å². The first-order valence-corrected chi connectivity index (χ1v) is 10.6. The molecule has 3 atom stereocenters. The fourth-order valence-corrected chi connectivity index (χ4v) is 5.02. The van der Waals surface area contributed by atoms with Crippen molar-refractivity contribution < 1.29 is 24.5 Å². The van der Waals surface area contributed by atoms with E-state index < -0.39 is 24.2 Å². The molecule has 1 rings (SSSR count). The molecular formula is C18H27NO5S2. The second-order valence-corrected chi connectivity index (χ2v) is 8.66. The highest BCUT2D eigenvalue weighted by Gasteiger charge is 2.34. The van der Waals surface area contributed by atoms with Crippen LogP contribution in [0.3, 0.4) is 0 Å². The molecule has 0 fully saturated rings.